The molecule has 0 spiro atoms. The van der Waals surface area contributed by atoms with E-state index in [9.17, 15) is 9.59 Å². The highest BCUT2D eigenvalue weighted by molar-refractivity contribution is 7.17. The average Bonchev–Trinajstić information content (AvgIpc) is 3.42. The van der Waals surface area contributed by atoms with Crippen molar-refractivity contribution in [3.8, 4) is 0 Å². The van der Waals surface area contributed by atoms with Crippen LogP contribution in [0.1, 0.15) is 18.5 Å². The molecule has 7 heteroatoms. The van der Waals surface area contributed by atoms with Crippen molar-refractivity contribution in [1.29, 1.82) is 0 Å². The van der Waals surface area contributed by atoms with Crippen LogP contribution >= 0.6 is 11.3 Å². The van der Waals surface area contributed by atoms with Crippen molar-refractivity contribution < 1.29 is 9.59 Å². The van der Waals surface area contributed by atoms with Gasteiger partial charge in [-0.15, -0.1) is 11.3 Å². The number of rotatable bonds is 6. The molecule has 0 aliphatic carbocycles. The van der Waals surface area contributed by atoms with E-state index in [-0.39, 0.29) is 11.9 Å². The molecule has 2 aliphatic rings. The van der Waals surface area contributed by atoms with E-state index in [1.807, 2.05) is 12.1 Å². The summed E-state index contributed by atoms with van der Waals surface area (Å²) < 4.78 is 2.94. The maximum Gasteiger partial charge on any atom is 0.335 e. The van der Waals surface area contributed by atoms with Crippen LogP contribution in [0.5, 0.6) is 0 Å². The number of anilines is 1. The summed E-state index contributed by atoms with van der Waals surface area (Å²) in [4.78, 5) is 31.2. The molecule has 0 N–H and O–H groups in total. The van der Waals surface area contributed by atoms with Crippen LogP contribution in [-0.2, 0) is 11.2 Å². The number of piperazine rings is 1. The zero-order valence-electron chi connectivity index (χ0n) is 17.0. The lowest BCUT2D eigenvalue weighted by atomic mass is 10.1. The number of benzene rings is 1. The van der Waals surface area contributed by atoms with Gasteiger partial charge >= 0.3 is 6.03 Å². The van der Waals surface area contributed by atoms with Gasteiger partial charge in [-0.2, -0.15) is 0 Å². The number of nitrogens with zero attached hydrogens (tertiary/aromatic N) is 4. The number of carbonyl (C=O) groups is 2. The molecule has 0 saturated carbocycles. The Balaban J connectivity index is 1.09. The second-order valence-corrected chi connectivity index (χ2v) is 8.97. The Labute approximate surface area is 180 Å². The Morgan fingerprint density at radius 3 is 2.60 bits per heavy atom. The molecule has 30 heavy (non-hydrogen) atoms. The molecule has 0 bridgehead atoms. The van der Waals surface area contributed by atoms with E-state index in [0.29, 0.717) is 13.0 Å². The molecule has 156 valence electrons. The fraction of sp³-hybridized carbons (Fsp3) is 0.391. The van der Waals surface area contributed by atoms with Gasteiger partial charge in [0, 0.05) is 60.4 Å². The Morgan fingerprint density at radius 2 is 1.73 bits per heavy atom. The van der Waals surface area contributed by atoms with Gasteiger partial charge in [-0.05, 0) is 55.1 Å². The van der Waals surface area contributed by atoms with Gasteiger partial charge in [-0.1, -0.05) is 6.07 Å². The van der Waals surface area contributed by atoms with Crippen LogP contribution in [0.25, 0.3) is 10.1 Å². The van der Waals surface area contributed by atoms with Gasteiger partial charge in [0.1, 0.15) is 0 Å². The Morgan fingerprint density at radius 1 is 0.900 bits per heavy atom. The van der Waals surface area contributed by atoms with Crippen LogP contribution in [0.15, 0.2) is 48.0 Å². The summed E-state index contributed by atoms with van der Waals surface area (Å²) in [6.07, 6.45) is 3.91. The number of aromatic nitrogens is 1. The molecule has 1 fully saturated rings. The summed E-state index contributed by atoms with van der Waals surface area (Å²) in [6.45, 7) is 5.70. The summed E-state index contributed by atoms with van der Waals surface area (Å²) in [7, 11) is 0. The van der Waals surface area contributed by atoms with Gasteiger partial charge in [0.05, 0.1) is 6.42 Å². The van der Waals surface area contributed by atoms with E-state index in [0.717, 1.165) is 51.3 Å². The van der Waals surface area contributed by atoms with E-state index < -0.39 is 0 Å². The molecule has 4 heterocycles. The maximum absolute atomic E-state index is 12.5. The zero-order valence-corrected chi connectivity index (χ0v) is 17.8. The van der Waals surface area contributed by atoms with E-state index in [1.54, 1.807) is 22.1 Å². The predicted octanol–water partition coefficient (Wildman–Crippen LogP) is 3.66. The highest BCUT2D eigenvalue weighted by atomic mass is 32.1. The fourth-order valence-electron chi connectivity index (χ4n) is 4.53. The van der Waals surface area contributed by atoms with Crippen molar-refractivity contribution in [1.82, 2.24) is 14.4 Å². The van der Waals surface area contributed by atoms with Crippen molar-refractivity contribution in [2.24, 2.45) is 0 Å². The highest BCUT2D eigenvalue weighted by Crippen LogP contribution is 2.31. The van der Waals surface area contributed by atoms with Gasteiger partial charge in [0.15, 0.2) is 0 Å². The van der Waals surface area contributed by atoms with Crippen LogP contribution in [0.2, 0.25) is 0 Å². The summed E-state index contributed by atoms with van der Waals surface area (Å²) in [5, 5.41) is 3.52. The van der Waals surface area contributed by atoms with Crippen LogP contribution in [0, 0.1) is 0 Å². The van der Waals surface area contributed by atoms with Crippen molar-refractivity contribution in [2.75, 3.05) is 44.2 Å². The van der Waals surface area contributed by atoms with Gasteiger partial charge < -0.3 is 4.90 Å². The maximum atomic E-state index is 12.5. The molecular formula is C23H26N4O2S. The zero-order chi connectivity index (χ0) is 20.5. The first-order valence-corrected chi connectivity index (χ1v) is 11.5. The van der Waals surface area contributed by atoms with Crippen molar-refractivity contribution >= 4 is 39.0 Å². The highest BCUT2D eigenvalue weighted by Gasteiger charge is 2.29. The molecule has 5 rings (SSSR count). The summed E-state index contributed by atoms with van der Waals surface area (Å²) in [5.41, 5.74) is 2.14. The fourth-order valence-corrected chi connectivity index (χ4v) is 5.33. The topological polar surface area (TPSA) is 48.8 Å². The number of unbranched alkanes of at least 4 members (excludes halogenated alkanes) is 1. The normalized spacial score (nSPS) is 17.7. The number of hydrogen-bond acceptors (Lipinski definition) is 5. The Kier molecular flexibility index (Phi) is 5.31. The number of imide groups is 1. The van der Waals surface area contributed by atoms with Gasteiger partial charge in [0.25, 0.3) is 0 Å². The molecule has 1 saturated heterocycles. The first kappa shape index (κ1) is 19.3. The average molecular weight is 423 g/mol. The smallest absolute Gasteiger partial charge is 0.335 e. The largest absolute Gasteiger partial charge is 0.368 e. The van der Waals surface area contributed by atoms with Gasteiger partial charge in [-0.25, -0.2) is 4.79 Å². The molecule has 2 aromatic heterocycles. The predicted molar refractivity (Wildman–Crippen MR) is 120 cm³/mol. The third-order valence-electron chi connectivity index (χ3n) is 6.20. The molecule has 1 aromatic carbocycles. The van der Waals surface area contributed by atoms with Crippen LogP contribution in [0.4, 0.5) is 10.5 Å². The van der Waals surface area contributed by atoms with E-state index in [1.165, 1.54) is 20.7 Å². The molecule has 0 unspecified atom stereocenters. The van der Waals surface area contributed by atoms with Crippen molar-refractivity contribution in [2.45, 2.75) is 19.3 Å². The molecule has 2 aliphatic heterocycles. The minimum Gasteiger partial charge on any atom is -0.368 e. The monoisotopic (exact) mass is 422 g/mol. The lowest BCUT2D eigenvalue weighted by Gasteiger charge is -2.36. The summed E-state index contributed by atoms with van der Waals surface area (Å²) >= 11 is 1.80. The summed E-state index contributed by atoms with van der Waals surface area (Å²) in [6, 6.07) is 12.3. The molecule has 2 amide bonds. The van der Waals surface area contributed by atoms with E-state index >= 15 is 0 Å². The van der Waals surface area contributed by atoms with E-state index in [2.05, 4.69) is 39.4 Å². The Bertz CT molecular complexity index is 1060. The molecule has 3 aromatic rings. The third-order valence-corrected chi connectivity index (χ3v) is 7.08. The van der Waals surface area contributed by atoms with Crippen molar-refractivity contribution in [3.05, 3.63) is 53.7 Å². The van der Waals surface area contributed by atoms with Crippen molar-refractivity contribution in [3.63, 3.8) is 0 Å². The molecule has 0 atom stereocenters. The SMILES string of the molecule is O=C1Cc2cccn2C(=O)N1CCCCN1CCN(c2cccc3sccc23)CC1. The standard InChI is InChI=1S/C23H26N4O2S/c28-22-17-18-5-4-11-26(18)23(29)27(22)10-2-1-9-24-12-14-25(15-13-24)20-6-3-7-21-19(20)8-16-30-21/h3-8,11,16H,1-2,9-10,12-15,17H2. The van der Waals surface area contributed by atoms with Crippen LogP contribution in [0.3, 0.4) is 0 Å². The number of thiophene rings is 1. The van der Waals surface area contributed by atoms with Gasteiger partial charge in [-0.3, -0.25) is 19.2 Å². The Hall–Kier alpha value is -2.64. The molecule has 0 radical (unpaired) electrons. The van der Waals surface area contributed by atoms with E-state index in [4.69, 9.17) is 0 Å². The first-order chi connectivity index (χ1) is 14.7. The number of amides is 2. The second kappa shape index (κ2) is 8.24. The van der Waals surface area contributed by atoms with Crippen LogP contribution < -0.4 is 4.90 Å². The molecular weight excluding hydrogens is 396 g/mol. The lowest BCUT2D eigenvalue weighted by molar-refractivity contribution is -0.128. The van der Waals surface area contributed by atoms with Crippen LogP contribution in [-0.4, -0.2) is 65.6 Å². The van der Waals surface area contributed by atoms with Gasteiger partial charge in [0.2, 0.25) is 5.91 Å². The minimum atomic E-state index is -0.206. The quantitative estimate of drug-likeness (QED) is 0.569. The third kappa shape index (κ3) is 3.63. The minimum absolute atomic E-state index is 0.0811. The summed E-state index contributed by atoms with van der Waals surface area (Å²) in [5.74, 6) is -0.0811. The number of carbonyl (C=O) groups excluding carboxylic acids is 2. The lowest BCUT2D eigenvalue weighted by Crippen LogP contribution is -2.47. The molecule has 6 nitrogen and oxygen atoms in total. The number of hydrogen-bond donors (Lipinski definition) is 0. The second-order valence-electron chi connectivity index (χ2n) is 8.02. The number of fused-ring (bicyclic) bond motifs is 2. The first-order valence-electron chi connectivity index (χ1n) is 10.7.